The third-order valence-corrected chi connectivity index (χ3v) is 3.47. The SMILES string of the molecule is CC(C(=O)O)C(=O)c1ccc2c(c1)CCC(=O)N2C. The molecule has 1 N–H and O–H groups in total. The number of anilines is 1. The summed E-state index contributed by atoms with van der Waals surface area (Å²) in [4.78, 5) is 35.9. The lowest BCUT2D eigenvalue weighted by Gasteiger charge is -2.26. The van der Waals surface area contributed by atoms with Gasteiger partial charge in [-0.3, -0.25) is 14.4 Å². The van der Waals surface area contributed by atoms with E-state index in [4.69, 9.17) is 5.11 Å². The summed E-state index contributed by atoms with van der Waals surface area (Å²) >= 11 is 0. The van der Waals surface area contributed by atoms with Crippen LogP contribution in [-0.2, 0) is 16.0 Å². The number of aryl methyl sites for hydroxylation is 1. The Hall–Kier alpha value is -2.17. The van der Waals surface area contributed by atoms with E-state index in [2.05, 4.69) is 0 Å². The lowest BCUT2D eigenvalue weighted by atomic mass is 9.94. The van der Waals surface area contributed by atoms with E-state index in [-0.39, 0.29) is 5.91 Å². The Labute approximate surface area is 110 Å². The summed E-state index contributed by atoms with van der Waals surface area (Å²) in [6.07, 6.45) is 0.997. The number of hydrogen-bond acceptors (Lipinski definition) is 3. The number of rotatable bonds is 3. The zero-order valence-corrected chi connectivity index (χ0v) is 10.8. The summed E-state index contributed by atoms with van der Waals surface area (Å²) in [7, 11) is 1.70. The van der Waals surface area contributed by atoms with Crippen LogP contribution in [0.3, 0.4) is 0 Å². The monoisotopic (exact) mass is 261 g/mol. The molecular formula is C14H15NO4. The molecule has 0 saturated carbocycles. The fourth-order valence-electron chi connectivity index (χ4n) is 2.17. The highest BCUT2D eigenvalue weighted by Crippen LogP contribution is 2.28. The molecule has 1 aromatic carbocycles. The van der Waals surface area contributed by atoms with Gasteiger partial charge in [-0.25, -0.2) is 0 Å². The number of fused-ring (bicyclic) bond motifs is 1. The highest BCUT2D eigenvalue weighted by molar-refractivity contribution is 6.08. The molecule has 5 nitrogen and oxygen atoms in total. The quantitative estimate of drug-likeness (QED) is 0.661. The number of nitrogens with zero attached hydrogens (tertiary/aromatic N) is 1. The third-order valence-electron chi connectivity index (χ3n) is 3.47. The number of hydrogen-bond donors (Lipinski definition) is 1. The average molecular weight is 261 g/mol. The van der Waals surface area contributed by atoms with E-state index in [0.29, 0.717) is 18.4 Å². The molecule has 0 spiro atoms. The molecule has 1 unspecified atom stereocenters. The summed E-state index contributed by atoms with van der Waals surface area (Å²) in [5.74, 6) is -2.55. The van der Waals surface area contributed by atoms with Crippen LogP contribution in [0.1, 0.15) is 29.3 Å². The van der Waals surface area contributed by atoms with Crippen molar-refractivity contribution >= 4 is 23.3 Å². The molecule has 5 heteroatoms. The van der Waals surface area contributed by atoms with E-state index < -0.39 is 17.7 Å². The second-order valence-corrected chi connectivity index (χ2v) is 4.72. The Balaban J connectivity index is 2.35. The molecule has 0 bridgehead atoms. The van der Waals surface area contributed by atoms with Crippen molar-refractivity contribution < 1.29 is 19.5 Å². The molecule has 0 aromatic heterocycles. The predicted octanol–water partition coefficient (Wildman–Crippen LogP) is 1.50. The largest absolute Gasteiger partial charge is 0.481 e. The molecule has 0 saturated heterocycles. The number of carbonyl (C=O) groups excluding carboxylic acids is 2. The van der Waals surface area contributed by atoms with Gasteiger partial charge in [0.2, 0.25) is 5.91 Å². The van der Waals surface area contributed by atoms with Gasteiger partial charge in [-0.1, -0.05) is 0 Å². The molecule has 1 aliphatic heterocycles. The van der Waals surface area contributed by atoms with Gasteiger partial charge in [-0.05, 0) is 37.1 Å². The van der Waals surface area contributed by atoms with Gasteiger partial charge in [0.1, 0.15) is 5.92 Å². The Morgan fingerprint density at radius 2 is 2.00 bits per heavy atom. The summed E-state index contributed by atoms with van der Waals surface area (Å²) < 4.78 is 0. The van der Waals surface area contributed by atoms with Crippen LogP contribution in [0.2, 0.25) is 0 Å². The zero-order valence-electron chi connectivity index (χ0n) is 10.8. The van der Waals surface area contributed by atoms with E-state index in [0.717, 1.165) is 11.3 Å². The summed E-state index contributed by atoms with van der Waals surface area (Å²) in [5.41, 5.74) is 2.08. The van der Waals surface area contributed by atoms with Crippen molar-refractivity contribution in [3.63, 3.8) is 0 Å². The molecular weight excluding hydrogens is 246 g/mol. The molecule has 2 rings (SSSR count). The fraction of sp³-hybridized carbons (Fsp3) is 0.357. The van der Waals surface area contributed by atoms with Crippen molar-refractivity contribution in [1.29, 1.82) is 0 Å². The van der Waals surface area contributed by atoms with Crippen LogP contribution in [0.4, 0.5) is 5.69 Å². The number of carboxylic acid groups (broad SMARTS) is 1. The molecule has 1 aromatic rings. The van der Waals surface area contributed by atoms with Crippen molar-refractivity contribution in [1.82, 2.24) is 0 Å². The molecule has 1 atom stereocenters. The second-order valence-electron chi connectivity index (χ2n) is 4.72. The standard InChI is InChI=1S/C14H15NO4/c1-8(14(18)19)13(17)10-3-5-11-9(7-10)4-6-12(16)15(11)2/h3,5,7-8H,4,6H2,1-2H3,(H,18,19). The fourth-order valence-corrected chi connectivity index (χ4v) is 2.17. The van der Waals surface area contributed by atoms with Crippen LogP contribution in [-0.4, -0.2) is 29.8 Å². The number of carbonyl (C=O) groups is 3. The minimum Gasteiger partial charge on any atom is -0.481 e. The van der Waals surface area contributed by atoms with Crippen molar-refractivity contribution in [2.75, 3.05) is 11.9 Å². The van der Waals surface area contributed by atoms with E-state index in [1.807, 2.05) is 0 Å². The lowest BCUT2D eigenvalue weighted by molar-refractivity contribution is -0.139. The molecule has 1 amide bonds. The summed E-state index contributed by atoms with van der Waals surface area (Å²) in [6.45, 7) is 1.37. The van der Waals surface area contributed by atoms with E-state index >= 15 is 0 Å². The van der Waals surface area contributed by atoms with Gasteiger partial charge >= 0.3 is 5.97 Å². The first-order valence-corrected chi connectivity index (χ1v) is 6.08. The van der Waals surface area contributed by atoms with E-state index in [1.54, 1.807) is 30.1 Å². The van der Waals surface area contributed by atoms with Crippen molar-refractivity contribution in [3.05, 3.63) is 29.3 Å². The molecule has 0 radical (unpaired) electrons. The Morgan fingerprint density at radius 3 is 2.63 bits per heavy atom. The van der Waals surface area contributed by atoms with Gasteiger partial charge in [0.05, 0.1) is 0 Å². The van der Waals surface area contributed by atoms with Gasteiger partial charge < -0.3 is 10.0 Å². The van der Waals surface area contributed by atoms with Crippen molar-refractivity contribution in [2.24, 2.45) is 5.92 Å². The molecule has 0 fully saturated rings. The maximum atomic E-state index is 12.0. The number of benzene rings is 1. The molecule has 0 aliphatic carbocycles. The van der Waals surface area contributed by atoms with Crippen LogP contribution < -0.4 is 4.90 Å². The van der Waals surface area contributed by atoms with Crippen LogP contribution in [0.15, 0.2) is 18.2 Å². The summed E-state index contributed by atoms with van der Waals surface area (Å²) in [5, 5.41) is 8.86. The van der Waals surface area contributed by atoms with Gasteiger partial charge in [-0.15, -0.1) is 0 Å². The molecule has 1 aliphatic rings. The first-order valence-electron chi connectivity index (χ1n) is 6.08. The Kier molecular flexibility index (Phi) is 3.38. The maximum Gasteiger partial charge on any atom is 0.314 e. The van der Waals surface area contributed by atoms with Crippen molar-refractivity contribution in [3.8, 4) is 0 Å². The maximum absolute atomic E-state index is 12.0. The number of Topliss-reactive ketones (excluding diaryl/α,β-unsaturated/α-hetero) is 1. The molecule has 19 heavy (non-hydrogen) atoms. The van der Waals surface area contributed by atoms with Crippen LogP contribution >= 0.6 is 0 Å². The summed E-state index contributed by atoms with van der Waals surface area (Å²) in [6, 6.07) is 4.98. The van der Waals surface area contributed by atoms with Gasteiger partial charge in [0.15, 0.2) is 5.78 Å². The minimum absolute atomic E-state index is 0.0467. The number of carboxylic acids is 1. The molecule has 1 heterocycles. The molecule has 100 valence electrons. The van der Waals surface area contributed by atoms with Crippen LogP contribution in [0.5, 0.6) is 0 Å². The second kappa shape index (κ2) is 4.84. The van der Waals surface area contributed by atoms with Crippen LogP contribution in [0.25, 0.3) is 0 Å². The predicted molar refractivity (Wildman–Crippen MR) is 69.3 cm³/mol. The minimum atomic E-state index is -1.13. The number of ketones is 1. The number of aliphatic carboxylic acids is 1. The zero-order chi connectivity index (χ0) is 14.2. The lowest BCUT2D eigenvalue weighted by Crippen LogP contribution is -2.31. The van der Waals surface area contributed by atoms with Gasteiger partial charge in [0.25, 0.3) is 0 Å². The number of amides is 1. The smallest absolute Gasteiger partial charge is 0.314 e. The average Bonchev–Trinajstić information content (AvgIpc) is 2.40. The first kappa shape index (κ1) is 13.3. The highest BCUT2D eigenvalue weighted by Gasteiger charge is 2.25. The highest BCUT2D eigenvalue weighted by atomic mass is 16.4. The Bertz CT molecular complexity index is 565. The third kappa shape index (κ3) is 2.36. The van der Waals surface area contributed by atoms with E-state index in [1.165, 1.54) is 6.92 Å². The van der Waals surface area contributed by atoms with Crippen molar-refractivity contribution in [2.45, 2.75) is 19.8 Å². The van der Waals surface area contributed by atoms with Gasteiger partial charge in [0, 0.05) is 24.7 Å². The topological polar surface area (TPSA) is 74.7 Å². The van der Waals surface area contributed by atoms with E-state index in [9.17, 15) is 14.4 Å². The Morgan fingerprint density at radius 1 is 1.32 bits per heavy atom. The van der Waals surface area contributed by atoms with Gasteiger partial charge in [-0.2, -0.15) is 0 Å². The first-order chi connectivity index (χ1) is 8.91. The normalized spacial score (nSPS) is 15.9. The van der Waals surface area contributed by atoms with Crippen LogP contribution in [0, 0.1) is 5.92 Å².